The quantitative estimate of drug-likeness (QED) is 0.241. The van der Waals surface area contributed by atoms with E-state index in [9.17, 15) is 13.6 Å². The molecule has 214 valence electrons. The Morgan fingerprint density at radius 1 is 1.05 bits per heavy atom. The molecular weight excluding hydrogens is 536 g/mol. The summed E-state index contributed by atoms with van der Waals surface area (Å²) in [7, 11) is 3.34. The summed E-state index contributed by atoms with van der Waals surface area (Å²) < 4.78 is 38.7. The van der Waals surface area contributed by atoms with E-state index >= 15 is 0 Å². The van der Waals surface area contributed by atoms with Crippen molar-refractivity contribution >= 4 is 28.8 Å². The van der Waals surface area contributed by atoms with Crippen LogP contribution in [0, 0.1) is 0 Å². The number of nitrogens with one attached hydrogen (secondary N) is 2. The van der Waals surface area contributed by atoms with E-state index in [1.807, 2.05) is 18.2 Å². The number of anilines is 4. The van der Waals surface area contributed by atoms with Gasteiger partial charge in [0.25, 0.3) is 5.92 Å². The minimum Gasteiger partial charge on any atom is -0.494 e. The van der Waals surface area contributed by atoms with Gasteiger partial charge in [0.2, 0.25) is 5.88 Å². The lowest BCUT2D eigenvalue weighted by molar-refractivity contribution is -0.132. The summed E-state index contributed by atoms with van der Waals surface area (Å²) in [4.78, 5) is 31.6. The fourth-order valence-electron chi connectivity index (χ4n) is 4.31. The number of benzene rings is 1. The highest BCUT2D eigenvalue weighted by atomic mass is 19.3. The summed E-state index contributed by atoms with van der Waals surface area (Å²) in [6.45, 7) is 1.88. The summed E-state index contributed by atoms with van der Waals surface area (Å²) in [5, 5.41) is 10.8. The number of aromatic nitrogens is 6. The van der Waals surface area contributed by atoms with E-state index < -0.39 is 5.92 Å². The Morgan fingerprint density at radius 2 is 1.85 bits per heavy atom. The maximum atomic E-state index is 12.9. The van der Waals surface area contributed by atoms with Gasteiger partial charge in [0.1, 0.15) is 24.6 Å². The molecule has 1 aliphatic rings. The number of ether oxygens (including phenoxy) is 2. The first-order chi connectivity index (χ1) is 19.7. The van der Waals surface area contributed by atoms with Crippen LogP contribution in [0.1, 0.15) is 23.7 Å². The summed E-state index contributed by atoms with van der Waals surface area (Å²) in [6.07, 6.45) is 6.30. The molecule has 3 aromatic heterocycles. The lowest BCUT2D eigenvalue weighted by Gasteiger charge is -2.38. The Morgan fingerprint density at radius 3 is 2.51 bits per heavy atom. The van der Waals surface area contributed by atoms with Gasteiger partial charge in [0, 0.05) is 32.3 Å². The van der Waals surface area contributed by atoms with Gasteiger partial charge in [0.05, 0.1) is 55.1 Å². The lowest BCUT2D eigenvalue weighted by Crippen LogP contribution is -2.57. The van der Waals surface area contributed by atoms with E-state index in [2.05, 4.69) is 35.7 Å². The zero-order valence-electron chi connectivity index (χ0n) is 22.8. The van der Waals surface area contributed by atoms with Crippen LogP contribution >= 0.6 is 0 Å². The van der Waals surface area contributed by atoms with Gasteiger partial charge in [0.15, 0.2) is 17.4 Å². The second kappa shape index (κ2) is 11.8. The Balaban J connectivity index is 1.31. The van der Waals surface area contributed by atoms with Gasteiger partial charge in [-0.1, -0.05) is 13.0 Å². The van der Waals surface area contributed by atoms with E-state index in [1.165, 1.54) is 18.6 Å². The predicted octanol–water partition coefficient (Wildman–Crippen LogP) is 4.09. The van der Waals surface area contributed by atoms with Crippen LogP contribution in [0.4, 0.5) is 31.8 Å². The van der Waals surface area contributed by atoms with E-state index in [0.717, 1.165) is 0 Å². The SMILES string of the molecule is CCC(=O)c1cnc(Nc2cnc(OCCN3CC(F)(F)C3)cn2)cc1Nc1cccc(-c2ncn(C)n2)c1OC. The molecule has 12 nitrogen and oxygen atoms in total. The third-order valence-corrected chi connectivity index (χ3v) is 6.31. The number of nitrogens with zero attached hydrogens (tertiary/aromatic N) is 7. The molecular formula is C27H29F2N9O3. The number of likely N-dealkylation sites (tertiary alicyclic amines) is 1. The van der Waals surface area contributed by atoms with Gasteiger partial charge in [-0.05, 0) is 12.1 Å². The van der Waals surface area contributed by atoms with Gasteiger partial charge in [-0.25, -0.2) is 28.7 Å². The van der Waals surface area contributed by atoms with E-state index in [0.29, 0.717) is 58.7 Å². The number of rotatable bonds is 12. The smallest absolute Gasteiger partial charge is 0.272 e. The average molecular weight is 566 g/mol. The first-order valence-corrected chi connectivity index (χ1v) is 12.9. The average Bonchev–Trinajstić information content (AvgIpc) is 3.38. The van der Waals surface area contributed by atoms with Crippen LogP contribution in [-0.4, -0.2) is 79.7 Å². The first kappa shape index (κ1) is 27.8. The number of para-hydroxylation sites is 1. The topological polar surface area (TPSA) is 132 Å². The Kier molecular flexibility index (Phi) is 8.01. The van der Waals surface area contributed by atoms with Crippen LogP contribution in [0.25, 0.3) is 11.4 Å². The zero-order chi connectivity index (χ0) is 29.0. The first-order valence-electron chi connectivity index (χ1n) is 12.9. The van der Waals surface area contributed by atoms with Crippen molar-refractivity contribution in [1.29, 1.82) is 0 Å². The summed E-state index contributed by atoms with van der Waals surface area (Å²) in [6, 6.07) is 7.22. The molecule has 2 N–H and O–H groups in total. The molecule has 1 saturated heterocycles. The monoisotopic (exact) mass is 565 g/mol. The Hall–Kier alpha value is -4.72. The molecule has 4 aromatic rings. The van der Waals surface area contributed by atoms with Gasteiger partial charge < -0.3 is 20.1 Å². The van der Waals surface area contributed by atoms with Crippen LogP contribution in [0.15, 0.2) is 49.2 Å². The standard InChI is InChI=1S/C27H29F2N9O3/c1-4-21(39)18-11-30-22(35-23-12-32-24(13-31-23)41-9-8-38-14-27(28,29)15-38)10-20(18)34-19-7-5-6-17(25(19)40-3)26-33-16-37(2)36-26/h5-7,10-13,16H,4,8-9,14-15H2,1-3H3,(H2,30,31,34,35). The predicted molar refractivity (Wildman–Crippen MR) is 147 cm³/mol. The van der Waals surface area contributed by atoms with Crippen LogP contribution in [-0.2, 0) is 7.05 Å². The molecule has 0 unspecified atom stereocenters. The van der Waals surface area contributed by atoms with Gasteiger partial charge in [-0.15, -0.1) is 0 Å². The van der Waals surface area contributed by atoms with Crippen molar-refractivity contribution in [3.63, 3.8) is 0 Å². The van der Waals surface area contributed by atoms with Gasteiger partial charge in [-0.2, -0.15) is 5.10 Å². The zero-order valence-corrected chi connectivity index (χ0v) is 22.8. The van der Waals surface area contributed by atoms with Crippen molar-refractivity contribution in [2.45, 2.75) is 19.3 Å². The lowest BCUT2D eigenvalue weighted by atomic mass is 10.1. The van der Waals surface area contributed by atoms with Gasteiger partial charge >= 0.3 is 0 Å². The number of carbonyl (C=O) groups excluding carboxylic acids is 1. The third kappa shape index (κ3) is 6.54. The molecule has 1 aliphatic heterocycles. The molecule has 1 fully saturated rings. The molecule has 0 aliphatic carbocycles. The van der Waals surface area contributed by atoms with E-state index in [4.69, 9.17) is 9.47 Å². The molecule has 0 saturated carbocycles. The molecule has 0 radical (unpaired) electrons. The van der Waals surface area contributed by atoms with Gasteiger partial charge in [-0.3, -0.25) is 14.4 Å². The number of Topliss-reactive ketones (excluding diaryl/α,β-unsaturated/α-hetero) is 1. The van der Waals surface area contributed by atoms with Crippen LogP contribution < -0.4 is 20.1 Å². The normalized spacial score (nSPS) is 14.3. The summed E-state index contributed by atoms with van der Waals surface area (Å²) in [5.74, 6) is -0.580. The largest absolute Gasteiger partial charge is 0.494 e. The molecule has 0 atom stereocenters. The summed E-state index contributed by atoms with van der Waals surface area (Å²) in [5.41, 5.74) is 2.23. The van der Waals surface area contributed by atoms with Crippen LogP contribution in [0.2, 0.25) is 0 Å². The number of methoxy groups -OCH3 is 1. The third-order valence-electron chi connectivity index (χ3n) is 6.31. The van der Waals surface area contributed by atoms with Crippen molar-refractivity contribution in [1.82, 2.24) is 34.6 Å². The molecule has 5 rings (SSSR count). The molecule has 14 heteroatoms. The van der Waals surface area contributed by atoms with E-state index in [1.54, 1.807) is 43.1 Å². The van der Waals surface area contributed by atoms with Crippen molar-refractivity contribution < 1.29 is 23.0 Å². The number of hydrogen-bond acceptors (Lipinski definition) is 11. The number of pyridine rings is 1. The van der Waals surface area contributed by atoms with Crippen molar-refractivity contribution in [2.75, 3.05) is 44.0 Å². The maximum absolute atomic E-state index is 12.9. The molecule has 0 spiro atoms. The maximum Gasteiger partial charge on any atom is 0.272 e. The second-order valence-electron chi connectivity index (χ2n) is 9.43. The fraction of sp³-hybridized carbons (Fsp3) is 0.333. The second-order valence-corrected chi connectivity index (χ2v) is 9.43. The molecule has 0 amide bonds. The Bertz CT molecular complexity index is 1520. The highest BCUT2D eigenvalue weighted by Crippen LogP contribution is 2.37. The fourth-order valence-corrected chi connectivity index (χ4v) is 4.31. The number of halogens is 2. The minimum absolute atomic E-state index is 0.0868. The number of alkyl halides is 2. The van der Waals surface area contributed by atoms with Crippen LogP contribution in [0.5, 0.6) is 11.6 Å². The highest BCUT2D eigenvalue weighted by molar-refractivity contribution is 6.02. The number of carbonyl (C=O) groups is 1. The van der Waals surface area contributed by atoms with Crippen LogP contribution in [0.3, 0.4) is 0 Å². The molecule has 41 heavy (non-hydrogen) atoms. The van der Waals surface area contributed by atoms with E-state index in [-0.39, 0.29) is 31.4 Å². The molecule has 0 bridgehead atoms. The minimum atomic E-state index is -2.61. The Labute approximate surface area is 234 Å². The number of aryl methyl sites for hydroxylation is 1. The van der Waals surface area contributed by atoms with Crippen molar-refractivity contribution in [3.8, 4) is 23.0 Å². The molecule has 1 aromatic carbocycles. The van der Waals surface area contributed by atoms with Crippen molar-refractivity contribution in [2.24, 2.45) is 7.05 Å². The summed E-state index contributed by atoms with van der Waals surface area (Å²) >= 11 is 0. The van der Waals surface area contributed by atoms with Crippen molar-refractivity contribution in [3.05, 3.63) is 54.7 Å². The number of hydrogen-bond donors (Lipinski definition) is 2. The molecule has 4 heterocycles. The number of ketones is 1. The highest BCUT2D eigenvalue weighted by Gasteiger charge is 2.43.